The van der Waals surface area contributed by atoms with Crippen LogP contribution in [0.25, 0.3) is 0 Å². The minimum atomic E-state index is -0.335. The first-order chi connectivity index (χ1) is 16.9. The molecule has 2 aromatic rings. The topological polar surface area (TPSA) is 113 Å². The quantitative estimate of drug-likeness (QED) is 0.667. The highest BCUT2D eigenvalue weighted by Crippen LogP contribution is 2.24. The van der Waals surface area contributed by atoms with Crippen molar-refractivity contribution >= 4 is 29.3 Å². The number of amides is 4. The number of benzene rings is 2. The molecule has 8 nitrogen and oxygen atoms in total. The third kappa shape index (κ3) is 6.07. The molecule has 3 N–H and O–H groups in total. The van der Waals surface area contributed by atoms with E-state index in [0.717, 1.165) is 12.0 Å². The summed E-state index contributed by atoms with van der Waals surface area (Å²) in [5.74, 6) is -1.20. The highest BCUT2D eigenvalue weighted by Gasteiger charge is 2.30. The molecule has 0 saturated carbocycles. The molecule has 4 rings (SSSR count). The number of rotatable bonds is 6. The lowest BCUT2D eigenvalue weighted by molar-refractivity contribution is -0.134. The fourth-order valence-corrected chi connectivity index (χ4v) is 4.85. The summed E-state index contributed by atoms with van der Waals surface area (Å²) in [5, 5.41) is 2.94. The van der Waals surface area contributed by atoms with Gasteiger partial charge in [-0.15, -0.1) is 0 Å². The lowest BCUT2D eigenvalue weighted by Gasteiger charge is -2.33. The summed E-state index contributed by atoms with van der Waals surface area (Å²) in [6.45, 7) is 1.92. The van der Waals surface area contributed by atoms with Crippen molar-refractivity contribution in [3.8, 4) is 0 Å². The van der Waals surface area contributed by atoms with E-state index in [0.29, 0.717) is 63.1 Å². The molecule has 0 aliphatic carbocycles. The number of piperidine rings is 2. The van der Waals surface area contributed by atoms with Crippen LogP contribution in [0.1, 0.15) is 41.6 Å². The molecule has 0 radical (unpaired) electrons. The first kappa shape index (κ1) is 24.4. The lowest BCUT2D eigenvalue weighted by Crippen LogP contribution is -2.44. The highest BCUT2D eigenvalue weighted by molar-refractivity contribution is 6.04. The minimum absolute atomic E-state index is 0.0173. The number of para-hydroxylation sites is 1. The Kier molecular flexibility index (Phi) is 7.80. The number of carbonyl (C=O) groups excluding carboxylic acids is 4. The molecule has 1 unspecified atom stereocenters. The molecule has 0 aromatic heterocycles. The first-order valence-electron chi connectivity index (χ1n) is 12.2. The van der Waals surface area contributed by atoms with Gasteiger partial charge in [0, 0.05) is 32.1 Å². The van der Waals surface area contributed by atoms with Gasteiger partial charge >= 0.3 is 0 Å². The standard InChI is InChI=1S/C27H32N4O4/c28-25(33)20-12-15-30(16-13-20)27(35)22-10-4-5-11-23(22)29-26(34)21-9-6-14-31(18-21)24(32)17-19-7-2-1-3-8-19/h1-5,7-8,10-11,20-21H,6,9,12-18H2,(H2,28,33)(H,29,34). The summed E-state index contributed by atoms with van der Waals surface area (Å²) in [4.78, 5) is 54.0. The molecule has 2 aromatic carbocycles. The number of nitrogens with one attached hydrogen (secondary N) is 1. The normalized spacial score (nSPS) is 18.7. The van der Waals surface area contributed by atoms with Crippen LogP contribution < -0.4 is 11.1 Å². The van der Waals surface area contributed by atoms with Crippen LogP contribution in [0, 0.1) is 11.8 Å². The van der Waals surface area contributed by atoms with Crippen LogP contribution in [0.2, 0.25) is 0 Å². The van der Waals surface area contributed by atoms with E-state index in [2.05, 4.69) is 5.32 Å². The number of hydrogen-bond acceptors (Lipinski definition) is 4. The van der Waals surface area contributed by atoms with Gasteiger partial charge < -0.3 is 20.9 Å². The first-order valence-corrected chi connectivity index (χ1v) is 12.2. The van der Waals surface area contributed by atoms with Gasteiger partial charge in [-0.05, 0) is 43.4 Å². The third-order valence-electron chi connectivity index (χ3n) is 6.94. The van der Waals surface area contributed by atoms with Gasteiger partial charge in [0.25, 0.3) is 5.91 Å². The number of primary amides is 1. The van der Waals surface area contributed by atoms with Gasteiger partial charge in [0.15, 0.2) is 0 Å². The molecule has 2 aliphatic rings. The van der Waals surface area contributed by atoms with Crippen LogP contribution in [0.3, 0.4) is 0 Å². The Bertz CT molecular complexity index is 1080. The van der Waals surface area contributed by atoms with Gasteiger partial charge in [-0.2, -0.15) is 0 Å². The summed E-state index contributed by atoms with van der Waals surface area (Å²) in [5.41, 5.74) is 7.24. The van der Waals surface area contributed by atoms with Crippen molar-refractivity contribution in [2.75, 3.05) is 31.5 Å². The Morgan fingerprint density at radius 3 is 2.23 bits per heavy atom. The van der Waals surface area contributed by atoms with E-state index in [-0.39, 0.29) is 35.5 Å². The summed E-state index contributed by atoms with van der Waals surface area (Å²) < 4.78 is 0. The minimum Gasteiger partial charge on any atom is -0.369 e. The molecule has 35 heavy (non-hydrogen) atoms. The number of anilines is 1. The summed E-state index contributed by atoms with van der Waals surface area (Å²) >= 11 is 0. The lowest BCUT2D eigenvalue weighted by atomic mass is 9.95. The van der Waals surface area contributed by atoms with Crippen molar-refractivity contribution in [1.29, 1.82) is 0 Å². The summed E-state index contributed by atoms with van der Waals surface area (Å²) in [6.07, 6.45) is 2.86. The van der Waals surface area contributed by atoms with Gasteiger partial charge in [0.2, 0.25) is 17.7 Å². The second-order valence-corrected chi connectivity index (χ2v) is 9.34. The fourth-order valence-electron chi connectivity index (χ4n) is 4.85. The smallest absolute Gasteiger partial charge is 0.255 e. The SMILES string of the molecule is NC(=O)C1CCN(C(=O)c2ccccc2NC(=O)C2CCCN(C(=O)Cc3ccccc3)C2)CC1. The van der Waals surface area contributed by atoms with Crippen molar-refractivity contribution in [2.45, 2.75) is 32.1 Å². The molecule has 0 spiro atoms. The van der Waals surface area contributed by atoms with Crippen molar-refractivity contribution in [2.24, 2.45) is 17.6 Å². The van der Waals surface area contributed by atoms with Crippen molar-refractivity contribution in [3.05, 3.63) is 65.7 Å². The average molecular weight is 477 g/mol. The van der Waals surface area contributed by atoms with E-state index < -0.39 is 0 Å². The molecule has 2 heterocycles. The van der Waals surface area contributed by atoms with Crippen LogP contribution in [0.5, 0.6) is 0 Å². The maximum absolute atomic E-state index is 13.2. The Balaban J connectivity index is 1.38. The number of likely N-dealkylation sites (tertiary alicyclic amines) is 2. The molecule has 2 aliphatic heterocycles. The monoisotopic (exact) mass is 476 g/mol. The molecular formula is C27H32N4O4. The molecule has 0 bridgehead atoms. The van der Waals surface area contributed by atoms with Gasteiger partial charge in [0.1, 0.15) is 0 Å². The van der Waals surface area contributed by atoms with Crippen LogP contribution in [0.4, 0.5) is 5.69 Å². The molecule has 2 saturated heterocycles. The molecule has 8 heteroatoms. The zero-order valence-corrected chi connectivity index (χ0v) is 19.8. The van der Waals surface area contributed by atoms with Gasteiger partial charge in [0.05, 0.1) is 23.6 Å². The van der Waals surface area contributed by atoms with Gasteiger partial charge in [-0.1, -0.05) is 42.5 Å². The van der Waals surface area contributed by atoms with E-state index in [9.17, 15) is 19.2 Å². The largest absolute Gasteiger partial charge is 0.369 e. The van der Waals surface area contributed by atoms with Crippen LogP contribution in [0.15, 0.2) is 54.6 Å². The van der Waals surface area contributed by atoms with E-state index in [1.165, 1.54) is 0 Å². The Labute approximate surface area is 205 Å². The number of nitrogens with zero attached hydrogens (tertiary/aromatic N) is 2. The van der Waals surface area contributed by atoms with E-state index in [1.807, 2.05) is 30.3 Å². The highest BCUT2D eigenvalue weighted by atomic mass is 16.2. The van der Waals surface area contributed by atoms with E-state index in [4.69, 9.17) is 5.73 Å². The Morgan fingerprint density at radius 2 is 1.51 bits per heavy atom. The van der Waals surface area contributed by atoms with Gasteiger partial charge in [-0.25, -0.2) is 0 Å². The summed E-state index contributed by atoms with van der Waals surface area (Å²) in [6, 6.07) is 16.6. The predicted molar refractivity (Wildman–Crippen MR) is 132 cm³/mol. The van der Waals surface area contributed by atoms with Gasteiger partial charge in [-0.3, -0.25) is 19.2 Å². The van der Waals surface area contributed by atoms with Crippen LogP contribution >= 0.6 is 0 Å². The maximum Gasteiger partial charge on any atom is 0.255 e. The van der Waals surface area contributed by atoms with E-state index in [1.54, 1.807) is 34.1 Å². The zero-order chi connectivity index (χ0) is 24.8. The van der Waals surface area contributed by atoms with E-state index >= 15 is 0 Å². The molecule has 184 valence electrons. The molecule has 2 fully saturated rings. The Morgan fingerprint density at radius 1 is 0.829 bits per heavy atom. The fraction of sp³-hybridized carbons (Fsp3) is 0.407. The zero-order valence-electron chi connectivity index (χ0n) is 19.8. The third-order valence-corrected chi connectivity index (χ3v) is 6.94. The van der Waals surface area contributed by atoms with Crippen molar-refractivity contribution < 1.29 is 19.2 Å². The number of nitrogens with two attached hydrogens (primary N) is 1. The second kappa shape index (κ2) is 11.2. The van der Waals surface area contributed by atoms with Crippen LogP contribution in [-0.2, 0) is 20.8 Å². The number of carbonyl (C=O) groups is 4. The molecular weight excluding hydrogens is 444 g/mol. The molecule has 4 amide bonds. The molecule has 1 atom stereocenters. The predicted octanol–water partition coefficient (Wildman–Crippen LogP) is 2.44. The Hall–Kier alpha value is -3.68. The maximum atomic E-state index is 13.2. The van der Waals surface area contributed by atoms with Crippen molar-refractivity contribution in [3.63, 3.8) is 0 Å². The van der Waals surface area contributed by atoms with Crippen molar-refractivity contribution in [1.82, 2.24) is 9.80 Å². The average Bonchev–Trinajstić information content (AvgIpc) is 2.89. The second-order valence-electron chi connectivity index (χ2n) is 9.34. The van der Waals surface area contributed by atoms with Crippen LogP contribution in [-0.4, -0.2) is 59.6 Å². The number of hydrogen-bond donors (Lipinski definition) is 2. The summed E-state index contributed by atoms with van der Waals surface area (Å²) in [7, 11) is 0.